The van der Waals surface area contributed by atoms with Gasteiger partial charge in [0.1, 0.15) is 46.5 Å². The van der Waals surface area contributed by atoms with Gasteiger partial charge < -0.3 is 14.6 Å². The molecule has 2 saturated heterocycles. The third kappa shape index (κ3) is 5.14. The number of fused-ring (bicyclic) bond motifs is 3. The van der Waals surface area contributed by atoms with Crippen LogP contribution in [0.3, 0.4) is 0 Å². The quantitative estimate of drug-likeness (QED) is 0.232. The number of amides is 1. The largest absolute Gasteiger partial charge is 0.506 e. The lowest BCUT2D eigenvalue weighted by atomic mass is 9.95. The number of carbonyl (C=O) groups excluding carboxylic acids is 1. The number of thiophene rings is 1. The Bertz CT molecular complexity index is 1870. The van der Waals surface area contributed by atoms with E-state index >= 15 is 8.78 Å². The molecule has 9 nitrogen and oxygen atoms in total. The van der Waals surface area contributed by atoms with Crippen molar-refractivity contribution in [1.82, 2.24) is 14.9 Å². The van der Waals surface area contributed by atoms with Gasteiger partial charge in [-0.15, -0.1) is 11.3 Å². The summed E-state index contributed by atoms with van der Waals surface area (Å²) in [7, 11) is 0. The maximum atomic E-state index is 16.4. The monoisotopic (exact) mass is 645 g/mol. The zero-order valence-corrected chi connectivity index (χ0v) is 25.5. The molecule has 6 rings (SSSR count). The standard InChI is InChI=1S/C30H27ClF3N5O4S/c1-29(2,3)43-28(41)38-26-16(10-35)19-15(5-6-18(33)25(19)44-26)20-21(31)24(40)17-11-36-27(37-23(17)22(20)34)42-13-30-7-4-8-39(30)12-14(32)9-30/h5-6,11,14,40H,4,7-9,12-13H2,1-3H3,(H,38,41)/t14-,30+/m1/s1. The molecular weight excluding hydrogens is 619 g/mol. The molecule has 2 aromatic heterocycles. The van der Waals surface area contributed by atoms with E-state index in [4.69, 9.17) is 21.1 Å². The predicted molar refractivity (Wildman–Crippen MR) is 160 cm³/mol. The van der Waals surface area contributed by atoms with Crippen molar-refractivity contribution in [2.45, 2.75) is 57.3 Å². The molecule has 14 heteroatoms. The van der Waals surface area contributed by atoms with E-state index in [1.54, 1.807) is 20.8 Å². The Labute approximate surface area is 259 Å². The first-order valence-electron chi connectivity index (χ1n) is 13.9. The third-order valence-electron chi connectivity index (χ3n) is 7.89. The lowest BCUT2D eigenvalue weighted by molar-refractivity contribution is 0.0636. The SMILES string of the molecule is CC(C)(C)OC(=O)Nc1sc2c(F)ccc(-c3c(Cl)c(O)c4cnc(OC[C@@]56CCCN5C[C@H](F)C6)nc4c3F)c2c1C#N. The number of nitriles is 1. The molecule has 4 aromatic rings. The van der Waals surface area contributed by atoms with E-state index in [-0.39, 0.29) is 55.3 Å². The summed E-state index contributed by atoms with van der Waals surface area (Å²) in [5.74, 6) is -2.21. The highest BCUT2D eigenvalue weighted by Gasteiger charge is 2.49. The van der Waals surface area contributed by atoms with Crippen molar-refractivity contribution in [3.05, 3.63) is 40.6 Å². The molecule has 0 unspecified atom stereocenters. The van der Waals surface area contributed by atoms with Crippen LogP contribution in [0.25, 0.3) is 32.1 Å². The first-order chi connectivity index (χ1) is 20.8. The Balaban J connectivity index is 1.44. The van der Waals surface area contributed by atoms with Crippen LogP contribution in [-0.4, -0.2) is 63.1 Å². The number of nitrogens with one attached hydrogen (secondary N) is 1. The molecule has 1 amide bonds. The lowest BCUT2D eigenvalue weighted by Crippen LogP contribution is -2.43. The Hall–Kier alpha value is -3.86. The number of nitrogens with zero attached hydrogens (tertiary/aromatic N) is 4. The molecule has 0 aliphatic carbocycles. The number of aromatic hydroxyl groups is 1. The Morgan fingerprint density at radius 1 is 1.36 bits per heavy atom. The van der Waals surface area contributed by atoms with Gasteiger partial charge in [0.05, 0.1) is 26.2 Å². The van der Waals surface area contributed by atoms with E-state index in [0.29, 0.717) is 13.0 Å². The topological polar surface area (TPSA) is 121 Å². The van der Waals surface area contributed by atoms with Crippen LogP contribution in [0, 0.1) is 23.0 Å². The molecule has 0 radical (unpaired) electrons. The number of rotatable bonds is 5. The van der Waals surface area contributed by atoms with Gasteiger partial charge in [0, 0.05) is 30.1 Å². The van der Waals surface area contributed by atoms with Crippen LogP contribution in [0.15, 0.2) is 18.3 Å². The molecule has 2 aliphatic heterocycles. The zero-order chi connectivity index (χ0) is 31.6. The van der Waals surface area contributed by atoms with Crippen molar-refractivity contribution >= 4 is 55.0 Å². The highest BCUT2D eigenvalue weighted by atomic mass is 35.5. The summed E-state index contributed by atoms with van der Waals surface area (Å²) in [5, 5.41) is 23.0. The second kappa shape index (κ2) is 10.9. The van der Waals surface area contributed by atoms with E-state index in [9.17, 15) is 19.6 Å². The predicted octanol–water partition coefficient (Wildman–Crippen LogP) is 7.32. The van der Waals surface area contributed by atoms with Crippen LogP contribution >= 0.6 is 22.9 Å². The number of phenolic OH excluding ortho intramolecular Hbond substituents is 1. The van der Waals surface area contributed by atoms with E-state index in [0.717, 1.165) is 36.8 Å². The van der Waals surface area contributed by atoms with Crippen LogP contribution in [-0.2, 0) is 4.74 Å². The Kier molecular flexibility index (Phi) is 7.50. The van der Waals surface area contributed by atoms with Crippen LogP contribution in [0.4, 0.5) is 23.0 Å². The number of hydrogen-bond acceptors (Lipinski definition) is 9. The second-order valence-corrected chi connectivity index (χ2v) is 13.4. The highest BCUT2D eigenvalue weighted by molar-refractivity contribution is 7.23. The summed E-state index contributed by atoms with van der Waals surface area (Å²) in [6, 6.07) is 4.09. The summed E-state index contributed by atoms with van der Waals surface area (Å²) >= 11 is 7.26. The van der Waals surface area contributed by atoms with E-state index < -0.39 is 45.8 Å². The van der Waals surface area contributed by atoms with Gasteiger partial charge in [-0.2, -0.15) is 10.2 Å². The van der Waals surface area contributed by atoms with Crippen molar-refractivity contribution in [1.29, 1.82) is 5.26 Å². The molecule has 2 atom stereocenters. The minimum atomic E-state index is -0.968. The van der Waals surface area contributed by atoms with Crippen LogP contribution in [0.2, 0.25) is 5.02 Å². The van der Waals surface area contributed by atoms with Gasteiger partial charge >= 0.3 is 12.1 Å². The first-order valence-corrected chi connectivity index (χ1v) is 15.1. The number of phenols is 1. The third-order valence-corrected chi connectivity index (χ3v) is 9.38. The molecule has 2 fully saturated rings. The number of ether oxygens (including phenoxy) is 2. The number of hydrogen-bond donors (Lipinski definition) is 2. The number of alkyl halides is 1. The van der Waals surface area contributed by atoms with Crippen LogP contribution < -0.4 is 10.1 Å². The Morgan fingerprint density at radius 2 is 2.14 bits per heavy atom. The van der Waals surface area contributed by atoms with Gasteiger partial charge in [-0.1, -0.05) is 17.7 Å². The van der Waals surface area contributed by atoms with Gasteiger partial charge in [0.15, 0.2) is 5.82 Å². The fraction of sp³-hybridized carbons (Fsp3) is 0.400. The summed E-state index contributed by atoms with van der Waals surface area (Å²) in [4.78, 5) is 22.9. The fourth-order valence-electron chi connectivity index (χ4n) is 6.08. The zero-order valence-electron chi connectivity index (χ0n) is 23.9. The normalized spacial score (nSPS) is 20.2. The summed E-state index contributed by atoms with van der Waals surface area (Å²) in [6.07, 6.45) is 1.34. The summed E-state index contributed by atoms with van der Waals surface area (Å²) in [5.41, 5.74) is -2.12. The molecule has 44 heavy (non-hydrogen) atoms. The van der Waals surface area contributed by atoms with Gasteiger partial charge in [-0.3, -0.25) is 10.2 Å². The molecule has 2 aliphatic rings. The van der Waals surface area contributed by atoms with Gasteiger partial charge in [0.2, 0.25) is 0 Å². The first kappa shape index (κ1) is 30.2. The average Bonchev–Trinajstić information content (AvgIpc) is 3.60. The van der Waals surface area contributed by atoms with E-state index in [1.165, 1.54) is 12.3 Å². The van der Waals surface area contributed by atoms with Crippen molar-refractivity contribution in [2.75, 3.05) is 25.0 Å². The molecule has 0 bridgehead atoms. The molecule has 2 aromatic carbocycles. The second-order valence-electron chi connectivity index (χ2n) is 12.0. The molecule has 2 N–H and O–H groups in total. The van der Waals surface area contributed by atoms with E-state index in [1.807, 2.05) is 6.07 Å². The average molecular weight is 646 g/mol. The number of carbonyl (C=O) groups is 1. The lowest BCUT2D eigenvalue weighted by Gasteiger charge is -2.30. The van der Waals surface area contributed by atoms with Crippen LogP contribution in [0.5, 0.6) is 11.8 Å². The number of benzene rings is 2. The highest BCUT2D eigenvalue weighted by Crippen LogP contribution is 2.48. The molecule has 0 spiro atoms. The Morgan fingerprint density at radius 3 is 2.86 bits per heavy atom. The van der Waals surface area contributed by atoms with Crippen molar-refractivity contribution in [2.24, 2.45) is 0 Å². The number of anilines is 1. The summed E-state index contributed by atoms with van der Waals surface area (Å²) < 4.78 is 56.7. The maximum Gasteiger partial charge on any atom is 0.412 e. The van der Waals surface area contributed by atoms with E-state index in [2.05, 4.69) is 20.2 Å². The fourth-order valence-corrected chi connectivity index (χ4v) is 7.44. The minimum absolute atomic E-state index is 0.00681. The van der Waals surface area contributed by atoms with Gasteiger partial charge in [0.25, 0.3) is 0 Å². The maximum absolute atomic E-state index is 16.4. The van der Waals surface area contributed by atoms with Crippen LogP contribution in [0.1, 0.15) is 45.6 Å². The molecule has 230 valence electrons. The van der Waals surface area contributed by atoms with Crippen molar-refractivity contribution in [3.8, 4) is 29.0 Å². The van der Waals surface area contributed by atoms with Crippen molar-refractivity contribution in [3.63, 3.8) is 0 Å². The molecule has 4 heterocycles. The molecular formula is C30H27ClF3N5O4S. The smallest absolute Gasteiger partial charge is 0.412 e. The number of halogens is 4. The molecule has 0 saturated carbocycles. The number of aromatic nitrogens is 2. The summed E-state index contributed by atoms with van der Waals surface area (Å²) in [6.45, 7) is 6.19. The minimum Gasteiger partial charge on any atom is -0.506 e. The van der Waals surface area contributed by atoms with Crippen molar-refractivity contribution < 1.29 is 32.5 Å². The van der Waals surface area contributed by atoms with Gasteiger partial charge in [-0.05, 0) is 51.8 Å². The van der Waals surface area contributed by atoms with Gasteiger partial charge in [-0.25, -0.2) is 22.9 Å².